The summed E-state index contributed by atoms with van der Waals surface area (Å²) in [5.41, 5.74) is 7.92. The minimum Gasteiger partial charge on any atom is -0.508 e. The highest BCUT2D eigenvalue weighted by Crippen LogP contribution is 2.31. The zero-order chi connectivity index (χ0) is 12.3. The summed E-state index contributed by atoms with van der Waals surface area (Å²) >= 11 is 0. The third-order valence-electron chi connectivity index (χ3n) is 2.71. The number of benzene rings is 2. The van der Waals surface area contributed by atoms with Gasteiger partial charge in [0.05, 0.1) is 0 Å². The summed E-state index contributed by atoms with van der Waals surface area (Å²) in [7, 11) is 0. The molecule has 0 unspecified atom stereocenters. The predicted octanol–water partition coefficient (Wildman–Crippen LogP) is 2.27. The van der Waals surface area contributed by atoms with Crippen molar-refractivity contribution < 1.29 is 10.2 Å². The van der Waals surface area contributed by atoms with Gasteiger partial charge >= 0.3 is 0 Å². The predicted molar refractivity (Wildman–Crippen MR) is 68.0 cm³/mol. The molecular weight excluding hydrogens is 214 g/mol. The SMILES string of the molecule is NCCc1cc(-c2ccccc2O)ccc1O. The van der Waals surface area contributed by atoms with Crippen LogP contribution in [0.4, 0.5) is 0 Å². The topological polar surface area (TPSA) is 66.5 Å². The van der Waals surface area contributed by atoms with Gasteiger partial charge in [0.25, 0.3) is 0 Å². The number of phenols is 2. The van der Waals surface area contributed by atoms with Crippen LogP contribution >= 0.6 is 0 Å². The van der Waals surface area contributed by atoms with E-state index in [2.05, 4.69) is 0 Å². The highest BCUT2D eigenvalue weighted by molar-refractivity contribution is 5.71. The third kappa shape index (κ3) is 2.40. The molecule has 0 saturated carbocycles. The Kier molecular flexibility index (Phi) is 3.30. The minimum atomic E-state index is 0.233. The standard InChI is InChI=1S/C14H15NO2/c15-8-7-11-9-10(5-6-13(11)16)12-3-1-2-4-14(12)17/h1-6,9,16-17H,7-8,15H2. The first-order chi connectivity index (χ1) is 8.22. The molecule has 0 heterocycles. The highest BCUT2D eigenvalue weighted by Gasteiger charge is 2.06. The Balaban J connectivity index is 2.46. The molecule has 0 saturated heterocycles. The Morgan fingerprint density at radius 1 is 0.941 bits per heavy atom. The highest BCUT2D eigenvalue weighted by atomic mass is 16.3. The molecule has 0 fully saturated rings. The van der Waals surface area contributed by atoms with Crippen LogP contribution in [-0.4, -0.2) is 16.8 Å². The van der Waals surface area contributed by atoms with Crippen LogP contribution < -0.4 is 5.73 Å². The number of nitrogens with two attached hydrogens (primary N) is 1. The normalized spacial score (nSPS) is 10.4. The molecule has 0 bridgehead atoms. The van der Waals surface area contributed by atoms with Crippen molar-refractivity contribution in [2.24, 2.45) is 5.73 Å². The minimum absolute atomic E-state index is 0.233. The summed E-state index contributed by atoms with van der Waals surface area (Å²) in [5, 5.41) is 19.4. The fraction of sp³-hybridized carbons (Fsp3) is 0.143. The molecule has 0 aromatic heterocycles. The molecule has 0 aliphatic heterocycles. The van der Waals surface area contributed by atoms with Crippen molar-refractivity contribution in [3.05, 3.63) is 48.0 Å². The van der Waals surface area contributed by atoms with Crippen LogP contribution in [0.2, 0.25) is 0 Å². The number of phenolic OH excluding ortho intramolecular Hbond substituents is 2. The van der Waals surface area contributed by atoms with E-state index in [-0.39, 0.29) is 11.5 Å². The average molecular weight is 229 g/mol. The zero-order valence-electron chi connectivity index (χ0n) is 9.43. The van der Waals surface area contributed by atoms with Crippen molar-refractivity contribution in [1.29, 1.82) is 0 Å². The lowest BCUT2D eigenvalue weighted by molar-refractivity contribution is 0.468. The second-order valence-corrected chi connectivity index (χ2v) is 3.90. The second-order valence-electron chi connectivity index (χ2n) is 3.90. The van der Waals surface area contributed by atoms with Gasteiger partial charge in [-0.05, 0) is 42.3 Å². The monoisotopic (exact) mass is 229 g/mol. The fourth-order valence-electron chi connectivity index (χ4n) is 1.83. The molecule has 0 spiro atoms. The molecule has 2 aromatic rings. The molecular formula is C14H15NO2. The molecule has 0 radical (unpaired) electrons. The Hall–Kier alpha value is -2.00. The molecule has 0 aliphatic carbocycles. The smallest absolute Gasteiger partial charge is 0.123 e. The van der Waals surface area contributed by atoms with Crippen LogP contribution in [-0.2, 0) is 6.42 Å². The number of rotatable bonds is 3. The van der Waals surface area contributed by atoms with Crippen molar-refractivity contribution in [3.63, 3.8) is 0 Å². The second kappa shape index (κ2) is 4.89. The van der Waals surface area contributed by atoms with Crippen LogP contribution in [0.15, 0.2) is 42.5 Å². The maximum absolute atomic E-state index is 9.77. The molecule has 0 aliphatic rings. The number of hydrogen-bond donors (Lipinski definition) is 3. The summed E-state index contributed by atoms with van der Waals surface area (Å²) in [5.74, 6) is 0.478. The van der Waals surface area contributed by atoms with Gasteiger partial charge in [0.1, 0.15) is 11.5 Å². The van der Waals surface area contributed by atoms with Crippen molar-refractivity contribution in [3.8, 4) is 22.6 Å². The van der Waals surface area contributed by atoms with E-state index < -0.39 is 0 Å². The molecule has 88 valence electrons. The van der Waals surface area contributed by atoms with Gasteiger partial charge in [-0.15, -0.1) is 0 Å². The molecule has 0 atom stereocenters. The summed E-state index contributed by atoms with van der Waals surface area (Å²) in [6.45, 7) is 0.484. The maximum Gasteiger partial charge on any atom is 0.123 e. The zero-order valence-corrected chi connectivity index (χ0v) is 9.43. The first-order valence-corrected chi connectivity index (χ1v) is 5.52. The summed E-state index contributed by atoms with van der Waals surface area (Å²) in [6.07, 6.45) is 0.618. The average Bonchev–Trinajstić information content (AvgIpc) is 2.33. The van der Waals surface area contributed by atoms with Crippen molar-refractivity contribution in [1.82, 2.24) is 0 Å². The fourth-order valence-corrected chi connectivity index (χ4v) is 1.83. The van der Waals surface area contributed by atoms with Crippen molar-refractivity contribution in [2.45, 2.75) is 6.42 Å². The Morgan fingerprint density at radius 2 is 1.71 bits per heavy atom. The Bertz CT molecular complexity index is 523. The van der Waals surface area contributed by atoms with Crippen molar-refractivity contribution >= 4 is 0 Å². The van der Waals surface area contributed by atoms with Crippen molar-refractivity contribution in [2.75, 3.05) is 6.54 Å². The molecule has 3 nitrogen and oxygen atoms in total. The van der Waals surface area contributed by atoms with Crippen LogP contribution in [0.25, 0.3) is 11.1 Å². The van der Waals surface area contributed by atoms with E-state index in [0.717, 1.165) is 16.7 Å². The third-order valence-corrected chi connectivity index (χ3v) is 2.71. The molecule has 17 heavy (non-hydrogen) atoms. The Labute approximate surface area is 100 Å². The molecule has 2 rings (SSSR count). The van der Waals surface area contributed by atoms with E-state index >= 15 is 0 Å². The molecule has 4 N–H and O–H groups in total. The lowest BCUT2D eigenvalue weighted by Gasteiger charge is -2.08. The first-order valence-electron chi connectivity index (χ1n) is 5.52. The van der Waals surface area contributed by atoms with Gasteiger partial charge in [-0.25, -0.2) is 0 Å². The van der Waals surface area contributed by atoms with Crippen LogP contribution in [0.1, 0.15) is 5.56 Å². The molecule has 2 aromatic carbocycles. The maximum atomic E-state index is 9.77. The van der Waals surface area contributed by atoms with Gasteiger partial charge in [0.2, 0.25) is 0 Å². The number of para-hydroxylation sites is 1. The Morgan fingerprint density at radius 3 is 2.41 bits per heavy atom. The van der Waals surface area contributed by atoms with Gasteiger partial charge in [-0.3, -0.25) is 0 Å². The van der Waals surface area contributed by atoms with Gasteiger partial charge < -0.3 is 15.9 Å². The summed E-state index contributed by atoms with van der Waals surface area (Å²) in [4.78, 5) is 0. The molecule has 0 amide bonds. The van der Waals surface area contributed by atoms with E-state index in [4.69, 9.17) is 5.73 Å². The van der Waals surface area contributed by atoms with Gasteiger partial charge in [0, 0.05) is 5.56 Å². The van der Waals surface area contributed by atoms with E-state index in [1.165, 1.54) is 0 Å². The van der Waals surface area contributed by atoms with Gasteiger partial charge in [-0.1, -0.05) is 24.3 Å². The first kappa shape index (κ1) is 11.5. The van der Waals surface area contributed by atoms with E-state index in [0.29, 0.717) is 13.0 Å². The van der Waals surface area contributed by atoms with Crippen LogP contribution in [0.5, 0.6) is 11.5 Å². The van der Waals surface area contributed by atoms with E-state index in [1.54, 1.807) is 24.3 Å². The quantitative estimate of drug-likeness (QED) is 0.756. The van der Waals surface area contributed by atoms with Gasteiger partial charge in [0.15, 0.2) is 0 Å². The van der Waals surface area contributed by atoms with Crippen LogP contribution in [0.3, 0.4) is 0 Å². The molecule has 3 heteroatoms. The van der Waals surface area contributed by atoms with E-state index in [1.807, 2.05) is 18.2 Å². The number of aromatic hydroxyl groups is 2. The van der Waals surface area contributed by atoms with E-state index in [9.17, 15) is 10.2 Å². The lowest BCUT2D eigenvalue weighted by Crippen LogP contribution is -2.02. The van der Waals surface area contributed by atoms with Crippen LogP contribution in [0, 0.1) is 0 Å². The van der Waals surface area contributed by atoms with Gasteiger partial charge in [-0.2, -0.15) is 0 Å². The summed E-state index contributed by atoms with van der Waals surface area (Å²) < 4.78 is 0. The lowest BCUT2D eigenvalue weighted by atomic mass is 10.0. The number of hydrogen-bond acceptors (Lipinski definition) is 3. The summed E-state index contributed by atoms with van der Waals surface area (Å²) in [6, 6.07) is 12.4. The largest absolute Gasteiger partial charge is 0.508 e.